The predicted octanol–water partition coefficient (Wildman–Crippen LogP) is 1.11. The van der Waals surface area contributed by atoms with E-state index < -0.39 is 12.2 Å². The number of aryl methyl sites for hydroxylation is 1. The largest absolute Gasteiger partial charge is 0.493 e. The van der Waals surface area contributed by atoms with Crippen molar-refractivity contribution in [2.24, 2.45) is 0 Å². The van der Waals surface area contributed by atoms with Gasteiger partial charge in [0.05, 0.1) is 19.4 Å². The molecule has 0 aliphatic rings. The van der Waals surface area contributed by atoms with Crippen molar-refractivity contribution in [3.63, 3.8) is 0 Å². The van der Waals surface area contributed by atoms with Crippen molar-refractivity contribution in [3.05, 3.63) is 11.9 Å². The summed E-state index contributed by atoms with van der Waals surface area (Å²) in [5.74, 6) is 0.518. The van der Waals surface area contributed by atoms with E-state index in [1.54, 1.807) is 10.9 Å². The van der Waals surface area contributed by atoms with E-state index in [1.807, 2.05) is 13.8 Å². The minimum absolute atomic E-state index is 0.518. The molecule has 1 heterocycles. The Bertz CT molecular complexity index is 304. The third-order valence-corrected chi connectivity index (χ3v) is 2.59. The molecule has 0 fully saturated rings. The molecule has 0 spiro atoms. The monoisotopic (exact) mass is 228 g/mol. The van der Waals surface area contributed by atoms with Crippen LogP contribution in [0.3, 0.4) is 0 Å². The molecular weight excluding hydrogens is 208 g/mol. The third-order valence-electron chi connectivity index (χ3n) is 2.59. The molecule has 5 heteroatoms. The number of rotatable bonds is 6. The maximum Gasteiger partial charge on any atom is 0.162 e. The lowest BCUT2D eigenvalue weighted by Gasteiger charge is -2.19. The van der Waals surface area contributed by atoms with Crippen molar-refractivity contribution < 1.29 is 14.9 Å². The van der Waals surface area contributed by atoms with Crippen LogP contribution in [0.1, 0.15) is 38.5 Å². The summed E-state index contributed by atoms with van der Waals surface area (Å²) < 4.78 is 6.76. The standard InChI is InChI=1S/C11H20N2O3/c1-4-6-8(14)11(15)10-9(16-3)7-12-13(10)5-2/h7-8,11,14-15H,4-6H2,1-3H3. The zero-order chi connectivity index (χ0) is 12.1. The van der Waals surface area contributed by atoms with Gasteiger partial charge >= 0.3 is 0 Å². The number of aliphatic hydroxyl groups excluding tert-OH is 2. The summed E-state index contributed by atoms with van der Waals surface area (Å²) in [6.07, 6.45) is 1.21. The van der Waals surface area contributed by atoms with Gasteiger partial charge in [-0.25, -0.2) is 0 Å². The Morgan fingerprint density at radius 1 is 1.44 bits per heavy atom. The Morgan fingerprint density at radius 3 is 2.62 bits per heavy atom. The van der Waals surface area contributed by atoms with Gasteiger partial charge in [0, 0.05) is 6.54 Å². The van der Waals surface area contributed by atoms with Crippen LogP contribution in [0.4, 0.5) is 0 Å². The maximum atomic E-state index is 10.0. The van der Waals surface area contributed by atoms with Gasteiger partial charge < -0.3 is 14.9 Å². The molecule has 0 amide bonds. The van der Waals surface area contributed by atoms with E-state index >= 15 is 0 Å². The predicted molar refractivity (Wildman–Crippen MR) is 60.3 cm³/mol. The quantitative estimate of drug-likeness (QED) is 0.765. The zero-order valence-corrected chi connectivity index (χ0v) is 10.1. The van der Waals surface area contributed by atoms with Gasteiger partial charge in [-0.1, -0.05) is 13.3 Å². The molecule has 16 heavy (non-hydrogen) atoms. The van der Waals surface area contributed by atoms with E-state index in [1.165, 1.54) is 7.11 Å². The number of nitrogens with zero attached hydrogens (tertiary/aromatic N) is 2. The van der Waals surface area contributed by atoms with Crippen LogP contribution in [0.2, 0.25) is 0 Å². The first-order valence-corrected chi connectivity index (χ1v) is 5.61. The molecule has 1 aromatic heterocycles. The molecule has 0 aliphatic heterocycles. The van der Waals surface area contributed by atoms with Crippen LogP contribution in [-0.2, 0) is 6.54 Å². The topological polar surface area (TPSA) is 67.5 Å². The smallest absolute Gasteiger partial charge is 0.162 e. The zero-order valence-electron chi connectivity index (χ0n) is 10.1. The van der Waals surface area contributed by atoms with Crippen molar-refractivity contribution >= 4 is 0 Å². The number of aliphatic hydroxyl groups is 2. The van der Waals surface area contributed by atoms with Crippen molar-refractivity contribution in [3.8, 4) is 5.75 Å². The molecule has 0 bridgehead atoms. The van der Waals surface area contributed by atoms with Crippen LogP contribution in [0.5, 0.6) is 5.75 Å². The molecule has 2 atom stereocenters. The molecule has 0 aliphatic carbocycles. The highest BCUT2D eigenvalue weighted by Gasteiger charge is 2.25. The Hall–Kier alpha value is -1.07. The minimum Gasteiger partial charge on any atom is -0.493 e. The summed E-state index contributed by atoms with van der Waals surface area (Å²) in [5.41, 5.74) is 0.547. The number of methoxy groups -OCH3 is 1. The van der Waals surface area contributed by atoms with Gasteiger partial charge in [-0.3, -0.25) is 4.68 Å². The second-order valence-electron chi connectivity index (χ2n) is 3.71. The highest BCUT2D eigenvalue weighted by atomic mass is 16.5. The first kappa shape index (κ1) is 13.0. The number of hydrogen-bond donors (Lipinski definition) is 2. The first-order chi connectivity index (χ1) is 7.65. The lowest BCUT2D eigenvalue weighted by Crippen LogP contribution is -2.21. The second kappa shape index (κ2) is 5.86. The van der Waals surface area contributed by atoms with Gasteiger partial charge in [0.25, 0.3) is 0 Å². The lowest BCUT2D eigenvalue weighted by atomic mass is 10.1. The van der Waals surface area contributed by atoms with Gasteiger partial charge in [-0.15, -0.1) is 0 Å². The normalized spacial score (nSPS) is 14.8. The van der Waals surface area contributed by atoms with Crippen LogP contribution in [0.25, 0.3) is 0 Å². The second-order valence-corrected chi connectivity index (χ2v) is 3.71. The van der Waals surface area contributed by atoms with E-state index in [9.17, 15) is 10.2 Å². The Morgan fingerprint density at radius 2 is 2.12 bits per heavy atom. The lowest BCUT2D eigenvalue weighted by molar-refractivity contribution is 0.00663. The number of aromatic nitrogens is 2. The number of ether oxygens (including phenoxy) is 1. The van der Waals surface area contributed by atoms with Gasteiger partial charge in [-0.2, -0.15) is 5.10 Å². The molecule has 2 unspecified atom stereocenters. The van der Waals surface area contributed by atoms with Gasteiger partial charge in [0.1, 0.15) is 11.8 Å². The summed E-state index contributed by atoms with van der Waals surface area (Å²) in [4.78, 5) is 0. The summed E-state index contributed by atoms with van der Waals surface area (Å²) in [7, 11) is 1.53. The molecule has 1 rings (SSSR count). The average molecular weight is 228 g/mol. The van der Waals surface area contributed by atoms with Crippen molar-refractivity contribution in [2.45, 2.75) is 45.4 Å². The molecule has 1 aromatic rings. The molecule has 92 valence electrons. The van der Waals surface area contributed by atoms with E-state index in [-0.39, 0.29) is 0 Å². The number of hydrogen-bond acceptors (Lipinski definition) is 4. The molecule has 5 nitrogen and oxygen atoms in total. The Labute approximate surface area is 95.7 Å². The highest BCUT2D eigenvalue weighted by Crippen LogP contribution is 2.28. The summed E-state index contributed by atoms with van der Waals surface area (Å²) in [5, 5.41) is 23.9. The fourth-order valence-electron chi connectivity index (χ4n) is 1.72. The van der Waals surface area contributed by atoms with E-state index in [4.69, 9.17) is 4.74 Å². The van der Waals surface area contributed by atoms with Crippen molar-refractivity contribution in [2.75, 3.05) is 7.11 Å². The van der Waals surface area contributed by atoms with Gasteiger partial charge in [0.2, 0.25) is 0 Å². The van der Waals surface area contributed by atoms with Gasteiger partial charge in [-0.05, 0) is 13.3 Å². The Balaban J connectivity index is 2.95. The fourth-order valence-corrected chi connectivity index (χ4v) is 1.72. The third kappa shape index (κ3) is 2.54. The van der Waals surface area contributed by atoms with Crippen LogP contribution in [0.15, 0.2) is 6.20 Å². The van der Waals surface area contributed by atoms with Crippen molar-refractivity contribution in [1.29, 1.82) is 0 Å². The molecular formula is C11H20N2O3. The van der Waals surface area contributed by atoms with Gasteiger partial charge in [0.15, 0.2) is 5.75 Å². The van der Waals surface area contributed by atoms with Crippen LogP contribution in [0, 0.1) is 0 Å². The summed E-state index contributed by atoms with van der Waals surface area (Å²) >= 11 is 0. The Kier molecular flexibility index (Phi) is 4.76. The van der Waals surface area contributed by atoms with Crippen molar-refractivity contribution in [1.82, 2.24) is 9.78 Å². The highest BCUT2D eigenvalue weighted by molar-refractivity contribution is 5.27. The SMILES string of the molecule is CCCC(O)C(O)c1c(OC)cnn1CC. The molecule has 2 N–H and O–H groups in total. The van der Waals surface area contributed by atoms with Crippen LogP contribution < -0.4 is 4.74 Å². The molecule has 0 saturated heterocycles. The summed E-state index contributed by atoms with van der Waals surface area (Å²) in [6.45, 7) is 4.52. The summed E-state index contributed by atoms with van der Waals surface area (Å²) in [6, 6.07) is 0. The first-order valence-electron chi connectivity index (χ1n) is 5.61. The van der Waals surface area contributed by atoms with Crippen LogP contribution in [-0.4, -0.2) is 33.2 Å². The fraction of sp³-hybridized carbons (Fsp3) is 0.727. The maximum absolute atomic E-state index is 10.0. The van der Waals surface area contributed by atoms with E-state index in [0.717, 1.165) is 6.42 Å². The van der Waals surface area contributed by atoms with E-state index in [0.29, 0.717) is 24.4 Å². The van der Waals surface area contributed by atoms with E-state index in [2.05, 4.69) is 5.10 Å². The minimum atomic E-state index is -0.947. The average Bonchev–Trinajstić information content (AvgIpc) is 2.70. The molecule has 0 saturated carbocycles. The molecule has 0 radical (unpaired) electrons. The van der Waals surface area contributed by atoms with Crippen LogP contribution >= 0.6 is 0 Å². The molecule has 0 aromatic carbocycles.